The van der Waals surface area contributed by atoms with E-state index in [1.807, 2.05) is 48.5 Å². The third-order valence-corrected chi connectivity index (χ3v) is 5.19. The lowest BCUT2D eigenvalue weighted by Crippen LogP contribution is -2.43. The molecule has 0 saturated carbocycles. The molecular formula is C24H27NO4. The molecule has 3 aromatic rings. The second-order valence-corrected chi connectivity index (χ2v) is 8.30. The van der Waals surface area contributed by atoms with Crippen LogP contribution in [0.1, 0.15) is 13.8 Å². The lowest BCUT2D eigenvalue weighted by atomic mass is 9.93. The van der Waals surface area contributed by atoms with Crippen LogP contribution in [0.15, 0.2) is 63.8 Å². The Kier molecular flexibility index (Phi) is 5.69. The lowest BCUT2D eigenvalue weighted by molar-refractivity contribution is 0.0134. The average Bonchev–Trinajstić information content (AvgIpc) is 2.73. The van der Waals surface area contributed by atoms with Gasteiger partial charge in [0, 0.05) is 25.0 Å². The van der Waals surface area contributed by atoms with Crippen molar-refractivity contribution in [2.24, 2.45) is 5.41 Å². The molecule has 2 aromatic carbocycles. The molecule has 5 nitrogen and oxygen atoms in total. The van der Waals surface area contributed by atoms with Crippen LogP contribution in [0.3, 0.4) is 0 Å². The number of hydrogen-bond acceptors (Lipinski definition) is 5. The van der Waals surface area contributed by atoms with Crippen LogP contribution < -0.4 is 10.4 Å². The first kappa shape index (κ1) is 19.7. The zero-order valence-electron chi connectivity index (χ0n) is 17.0. The molecular weight excluding hydrogens is 366 g/mol. The molecule has 1 fully saturated rings. The quantitative estimate of drug-likeness (QED) is 0.588. The topological polar surface area (TPSA) is 51.9 Å². The number of nitrogens with zero attached hydrogens (tertiary/aromatic N) is 1. The average molecular weight is 393 g/mol. The van der Waals surface area contributed by atoms with Gasteiger partial charge in [-0.15, -0.1) is 0 Å². The molecule has 0 aliphatic carbocycles. The molecule has 1 aromatic heterocycles. The Morgan fingerprint density at radius 1 is 1.00 bits per heavy atom. The van der Waals surface area contributed by atoms with Crippen LogP contribution in [0.4, 0.5) is 0 Å². The van der Waals surface area contributed by atoms with Crippen molar-refractivity contribution in [2.45, 2.75) is 13.8 Å². The minimum absolute atomic E-state index is 0.0809. The summed E-state index contributed by atoms with van der Waals surface area (Å²) in [6, 6.07) is 17.1. The van der Waals surface area contributed by atoms with E-state index in [1.165, 1.54) is 0 Å². The summed E-state index contributed by atoms with van der Waals surface area (Å²) in [6.07, 6.45) is 0. The van der Waals surface area contributed by atoms with E-state index in [2.05, 4.69) is 18.7 Å². The van der Waals surface area contributed by atoms with E-state index in [0.717, 1.165) is 43.8 Å². The smallest absolute Gasteiger partial charge is 0.347 e. The molecule has 152 valence electrons. The third kappa shape index (κ3) is 4.52. The number of para-hydroxylation sites is 1. The second kappa shape index (κ2) is 8.39. The summed E-state index contributed by atoms with van der Waals surface area (Å²) in [7, 11) is 0. The summed E-state index contributed by atoms with van der Waals surface area (Å²) in [4.78, 5) is 15.2. The Bertz CT molecular complexity index is 1020. The summed E-state index contributed by atoms with van der Waals surface area (Å²) in [6.45, 7) is 9.23. The first-order chi connectivity index (χ1) is 14.0. The number of fused-ring (bicyclic) bond motifs is 1. The maximum atomic E-state index is 12.8. The van der Waals surface area contributed by atoms with Crippen molar-refractivity contribution in [1.82, 2.24) is 4.90 Å². The SMILES string of the molecule is CC(C)(COc1c(-c2ccccc2)c(=O)oc2ccccc12)CN1CCOCC1. The Hall–Kier alpha value is -2.63. The Morgan fingerprint density at radius 2 is 1.69 bits per heavy atom. The van der Waals surface area contributed by atoms with Gasteiger partial charge in [0.2, 0.25) is 0 Å². The number of ether oxygens (including phenoxy) is 2. The van der Waals surface area contributed by atoms with Gasteiger partial charge in [0.25, 0.3) is 0 Å². The fourth-order valence-corrected chi connectivity index (χ4v) is 3.80. The molecule has 1 aliphatic rings. The van der Waals surface area contributed by atoms with Gasteiger partial charge in [-0.1, -0.05) is 56.3 Å². The zero-order chi connectivity index (χ0) is 20.3. The summed E-state index contributed by atoms with van der Waals surface area (Å²) < 4.78 is 17.4. The summed E-state index contributed by atoms with van der Waals surface area (Å²) >= 11 is 0. The predicted octanol–water partition coefficient (Wildman–Crippen LogP) is 4.20. The van der Waals surface area contributed by atoms with Gasteiger partial charge in [-0.2, -0.15) is 0 Å². The molecule has 5 heteroatoms. The fraction of sp³-hybridized carbons (Fsp3) is 0.375. The Labute approximate surface area is 170 Å². The Balaban J connectivity index is 1.67. The highest BCUT2D eigenvalue weighted by molar-refractivity contribution is 5.90. The second-order valence-electron chi connectivity index (χ2n) is 8.30. The molecule has 0 N–H and O–H groups in total. The van der Waals surface area contributed by atoms with Crippen molar-refractivity contribution in [3.05, 3.63) is 65.0 Å². The van der Waals surface area contributed by atoms with Crippen molar-refractivity contribution < 1.29 is 13.9 Å². The molecule has 0 bridgehead atoms. The van der Waals surface area contributed by atoms with Crippen LogP contribution >= 0.6 is 0 Å². The van der Waals surface area contributed by atoms with Gasteiger partial charge in [0.05, 0.1) is 25.2 Å². The molecule has 0 spiro atoms. The normalized spacial score (nSPS) is 15.5. The highest BCUT2D eigenvalue weighted by Gasteiger charge is 2.26. The van der Waals surface area contributed by atoms with Gasteiger partial charge in [-0.3, -0.25) is 4.90 Å². The summed E-state index contributed by atoms with van der Waals surface area (Å²) in [5, 5.41) is 0.813. The van der Waals surface area contributed by atoms with Crippen molar-refractivity contribution in [2.75, 3.05) is 39.5 Å². The number of benzene rings is 2. The lowest BCUT2D eigenvalue weighted by Gasteiger charge is -2.34. The third-order valence-electron chi connectivity index (χ3n) is 5.19. The highest BCUT2D eigenvalue weighted by atomic mass is 16.5. The van der Waals surface area contributed by atoms with Crippen LogP contribution in [-0.4, -0.2) is 44.4 Å². The first-order valence-corrected chi connectivity index (χ1v) is 10.1. The van der Waals surface area contributed by atoms with Crippen LogP contribution in [0.25, 0.3) is 22.1 Å². The van der Waals surface area contributed by atoms with E-state index >= 15 is 0 Å². The number of morpholine rings is 1. The van der Waals surface area contributed by atoms with Crippen LogP contribution in [0.2, 0.25) is 0 Å². The van der Waals surface area contributed by atoms with Gasteiger partial charge < -0.3 is 13.9 Å². The largest absolute Gasteiger partial charge is 0.491 e. The van der Waals surface area contributed by atoms with Crippen molar-refractivity contribution in [1.29, 1.82) is 0 Å². The van der Waals surface area contributed by atoms with Crippen molar-refractivity contribution >= 4 is 11.0 Å². The minimum Gasteiger partial charge on any atom is -0.491 e. The monoisotopic (exact) mass is 393 g/mol. The van der Waals surface area contributed by atoms with Crippen molar-refractivity contribution in [3.8, 4) is 16.9 Å². The van der Waals surface area contributed by atoms with Gasteiger partial charge in [0.15, 0.2) is 0 Å². The highest BCUT2D eigenvalue weighted by Crippen LogP contribution is 2.35. The van der Waals surface area contributed by atoms with Crippen LogP contribution in [0.5, 0.6) is 5.75 Å². The van der Waals surface area contributed by atoms with Crippen LogP contribution in [-0.2, 0) is 4.74 Å². The molecule has 0 radical (unpaired) electrons. The summed E-state index contributed by atoms with van der Waals surface area (Å²) in [5.74, 6) is 0.595. The molecule has 2 heterocycles. The van der Waals surface area contributed by atoms with E-state index in [9.17, 15) is 4.79 Å². The number of hydrogen-bond donors (Lipinski definition) is 0. The molecule has 0 unspecified atom stereocenters. The van der Waals surface area contributed by atoms with E-state index in [-0.39, 0.29) is 11.0 Å². The molecule has 0 amide bonds. The molecule has 29 heavy (non-hydrogen) atoms. The van der Waals surface area contributed by atoms with Gasteiger partial charge in [-0.05, 0) is 17.7 Å². The maximum absolute atomic E-state index is 12.8. The molecule has 1 saturated heterocycles. The first-order valence-electron chi connectivity index (χ1n) is 10.1. The van der Waals surface area contributed by atoms with Gasteiger partial charge >= 0.3 is 5.63 Å². The summed E-state index contributed by atoms with van der Waals surface area (Å²) in [5.41, 5.74) is 1.36. The minimum atomic E-state index is -0.379. The van der Waals surface area contributed by atoms with E-state index in [0.29, 0.717) is 23.5 Å². The fourth-order valence-electron chi connectivity index (χ4n) is 3.80. The standard InChI is InChI=1S/C24H27NO4/c1-24(2,16-25-12-14-27-15-13-25)17-28-22-19-10-6-7-11-20(19)29-23(26)21(22)18-8-4-3-5-9-18/h3-11H,12-17H2,1-2H3. The molecule has 1 aliphatic heterocycles. The van der Waals surface area contributed by atoms with Crippen molar-refractivity contribution in [3.63, 3.8) is 0 Å². The van der Waals surface area contributed by atoms with Gasteiger partial charge in [-0.25, -0.2) is 4.79 Å². The predicted molar refractivity (Wildman–Crippen MR) is 114 cm³/mol. The van der Waals surface area contributed by atoms with Gasteiger partial charge in [0.1, 0.15) is 16.9 Å². The maximum Gasteiger partial charge on any atom is 0.347 e. The number of rotatable bonds is 6. The zero-order valence-corrected chi connectivity index (χ0v) is 17.0. The van der Waals surface area contributed by atoms with E-state index in [4.69, 9.17) is 13.9 Å². The molecule has 0 atom stereocenters. The Morgan fingerprint density at radius 3 is 2.45 bits per heavy atom. The van der Waals surface area contributed by atoms with E-state index in [1.54, 1.807) is 6.07 Å². The van der Waals surface area contributed by atoms with Crippen LogP contribution in [0, 0.1) is 5.41 Å². The van der Waals surface area contributed by atoms with E-state index < -0.39 is 0 Å². The molecule has 4 rings (SSSR count).